The highest BCUT2D eigenvalue weighted by atomic mass is 32.2. The Morgan fingerprint density at radius 2 is 1.72 bits per heavy atom. The molecule has 0 saturated carbocycles. The first kappa shape index (κ1) is 20.6. The largest absolute Gasteiger partial charge is 0.341 e. The van der Waals surface area contributed by atoms with E-state index < -0.39 is 0 Å². The van der Waals surface area contributed by atoms with Crippen LogP contribution < -0.4 is 15.1 Å². The fourth-order valence-electron chi connectivity index (χ4n) is 4.12. The molecule has 5 rings (SSSR count). The Hall–Kier alpha value is -3.33. The molecule has 32 heavy (non-hydrogen) atoms. The van der Waals surface area contributed by atoms with Crippen molar-refractivity contribution in [3.8, 4) is 5.69 Å². The molecule has 3 aromatic rings. The van der Waals surface area contributed by atoms with Gasteiger partial charge >= 0.3 is 0 Å². The van der Waals surface area contributed by atoms with E-state index in [1.807, 2.05) is 53.1 Å². The Bertz CT molecular complexity index is 1130. The highest BCUT2D eigenvalue weighted by molar-refractivity contribution is 7.99. The molecular formula is C23H24N6O2S. The molecule has 2 aliphatic rings. The zero-order chi connectivity index (χ0) is 21.9. The molecule has 164 valence electrons. The molecule has 9 heteroatoms. The summed E-state index contributed by atoms with van der Waals surface area (Å²) in [5.41, 5.74) is 2.34. The van der Waals surface area contributed by atoms with Crippen molar-refractivity contribution in [1.29, 1.82) is 0 Å². The molecule has 0 radical (unpaired) electrons. The van der Waals surface area contributed by atoms with Gasteiger partial charge in [0.05, 0.1) is 22.8 Å². The molecule has 1 fully saturated rings. The van der Waals surface area contributed by atoms with E-state index in [-0.39, 0.29) is 24.1 Å². The maximum atomic E-state index is 13.1. The summed E-state index contributed by atoms with van der Waals surface area (Å²) in [6, 6.07) is 17.3. The van der Waals surface area contributed by atoms with Crippen LogP contribution in [0.25, 0.3) is 5.69 Å². The van der Waals surface area contributed by atoms with Crippen molar-refractivity contribution in [1.82, 2.24) is 14.8 Å². The number of hydrogen-bond acceptors (Lipinski definition) is 6. The van der Waals surface area contributed by atoms with Gasteiger partial charge in [0.15, 0.2) is 5.16 Å². The SMILES string of the molecule is O=C1CN(C(=O)CSc2nnc(N3CCCCC3)n2-c2ccccc2)c2ccccc2N1. The number of fused-ring (bicyclic) bond motifs is 1. The van der Waals surface area contributed by atoms with E-state index >= 15 is 0 Å². The van der Waals surface area contributed by atoms with Crippen LogP contribution in [0.4, 0.5) is 17.3 Å². The number of aromatic nitrogens is 3. The van der Waals surface area contributed by atoms with Crippen LogP contribution in [0.15, 0.2) is 59.8 Å². The fraction of sp³-hybridized carbons (Fsp3) is 0.304. The van der Waals surface area contributed by atoms with Gasteiger partial charge in [-0.1, -0.05) is 42.1 Å². The second-order valence-corrected chi connectivity index (χ2v) is 8.78. The zero-order valence-corrected chi connectivity index (χ0v) is 18.4. The van der Waals surface area contributed by atoms with Gasteiger partial charge in [-0.05, 0) is 43.5 Å². The van der Waals surface area contributed by atoms with Crippen LogP contribution in [0.5, 0.6) is 0 Å². The standard InChI is InChI=1S/C23H24N6O2S/c30-20-15-28(19-12-6-5-11-18(19)24-20)21(31)16-32-23-26-25-22(27-13-7-2-8-14-27)29(23)17-9-3-1-4-10-17/h1,3-6,9-12H,2,7-8,13-16H2,(H,24,30). The molecule has 3 heterocycles. The van der Waals surface area contributed by atoms with Gasteiger partial charge in [-0.3, -0.25) is 14.2 Å². The van der Waals surface area contributed by atoms with Gasteiger partial charge in [-0.25, -0.2) is 0 Å². The van der Waals surface area contributed by atoms with E-state index in [0.717, 1.165) is 43.3 Å². The average molecular weight is 449 g/mol. The van der Waals surface area contributed by atoms with Crippen LogP contribution in [0.1, 0.15) is 19.3 Å². The van der Waals surface area contributed by atoms with Crippen molar-refractivity contribution in [2.75, 3.05) is 40.5 Å². The van der Waals surface area contributed by atoms with Crippen molar-refractivity contribution >= 4 is 40.9 Å². The molecule has 2 amide bonds. The van der Waals surface area contributed by atoms with Gasteiger partial charge in [0, 0.05) is 13.1 Å². The predicted octanol–water partition coefficient (Wildman–Crippen LogP) is 3.34. The average Bonchev–Trinajstić information content (AvgIpc) is 3.27. The molecule has 8 nitrogen and oxygen atoms in total. The van der Waals surface area contributed by atoms with Crippen molar-refractivity contribution in [2.24, 2.45) is 0 Å². The van der Waals surface area contributed by atoms with Gasteiger partial charge in [0.25, 0.3) is 0 Å². The summed E-state index contributed by atoms with van der Waals surface area (Å²) in [5, 5.41) is 12.4. The lowest BCUT2D eigenvalue weighted by Crippen LogP contribution is -2.43. The van der Waals surface area contributed by atoms with Gasteiger partial charge in [-0.2, -0.15) is 0 Å². The number of amides is 2. The number of carbonyl (C=O) groups excluding carboxylic acids is 2. The highest BCUT2D eigenvalue weighted by Gasteiger charge is 2.28. The van der Waals surface area contributed by atoms with Gasteiger partial charge < -0.3 is 15.1 Å². The van der Waals surface area contributed by atoms with Gasteiger partial charge in [0.1, 0.15) is 6.54 Å². The monoisotopic (exact) mass is 448 g/mol. The summed E-state index contributed by atoms with van der Waals surface area (Å²) in [6.07, 6.45) is 3.51. The van der Waals surface area contributed by atoms with E-state index in [4.69, 9.17) is 0 Å². The fourth-order valence-corrected chi connectivity index (χ4v) is 4.94. The van der Waals surface area contributed by atoms with Crippen LogP contribution in [0.2, 0.25) is 0 Å². The first-order chi connectivity index (χ1) is 15.7. The molecule has 0 atom stereocenters. The molecule has 0 aliphatic carbocycles. The lowest BCUT2D eigenvalue weighted by Gasteiger charge is -2.29. The molecule has 0 bridgehead atoms. The maximum absolute atomic E-state index is 13.1. The number of hydrogen-bond donors (Lipinski definition) is 1. The van der Waals surface area contributed by atoms with Gasteiger partial charge in [0.2, 0.25) is 17.8 Å². The van der Waals surface area contributed by atoms with Crippen molar-refractivity contribution in [2.45, 2.75) is 24.4 Å². The molecule has 0 spiro atoms. The second-order valence-electron chi connectivity index (χ2n) is 7.84. The number of benzene rings is 2. The Balaban J connectivity index is 1.39. The predicted molar refractivity (Wildman–Crippen MR) is 126 cm³/mol. The summed E-state index contributed by atoms with van der Waals surface area (Å²) in [5.74, 6) is 0.641. The molecule has 2 aliphatic heterocycles. The number of para-hydroxylation sites is 3. The minimum Gasteiger partial charge on any atom is -0.341 e. The van der Waals surface area contributed by atoms with Crippen LogP contribution in [0, 0.1) is 0 Å². The van der Waals surface area contributed by atoms with E-state index in [9.17, 15) is 9.59 Å². The van der Waals surface area contributed by atoms with Crippen LogP contribution in [-0.4, -0.2) is 52.0 Å². The topological polar surface area (TPSA) is 83.4 Å². The van der Waals surface area contributed by atoms with E-state index in [0.29, 0.717) is 10.8 Å². The molecular weight excluding hydrogens is 424 g/mol. The third-order valence-electron chi connectivity index (χ3n) is 5.67. The lowest BCUT2D eigenvalue weighted by molar-refractivity contribution is -0.120. The maximum Gasteiger partial charge on any atom is 0.244 e. The quantitative estimate of drug-likeness (QED) is 0.603. The third kappa shape index (κ3) is 4.08. The first-order valence-electron chi connectivity index (χ1n) is 10.8. The number of nitrogens with one attached hydrogen (secondary N) is 1. The molecule has 0 unspecified atom stereocenters. The number of rotatable bonds is 5. The van der Waals surface area contributed by atoms with Crippen LogP contribution in [0.3, 0.4) is 0 Å². The van der Waals surface area contributed by atoms with Crippen LogP contribution in [-0.2, 0) is 9.59 Å². The number of carbonyl (C=O) groups is 2. The summed E-state index contributed by atoms with van der Waals surface area (Å²) in [7, 11) is 0. The number of piperidine rings is 1. The molecule has 1 aromatic heterocycles. The van der Waals surface area contributed by atoms with Crippen molar-refractivity contribution < 1.29 is 9.59 Å². The summed E-state index contributed by atoms with van der Waals surface area (Å²) < 4.78 is 2.03. The Morgan fingerprint density at radius 3 is 2.53 bits per heavy atom. The number of thioether (sulfide) groups is 1. The van der Waals surface area contributed by atoms with Crippen LogP contribution >= 0.6 is 11.8 Å². The number of nitrogens with zero attached hydrogens (tertiary/aromatic N) is 5. The Labute approximate surface area is 190 Å². The Morgan fingerprint density at radius 1 is 0.969 bits per heavy atom. The second kappa shape index (κ2) is 9.04. The molecule has 1 N–H and O–H groups in total. The van der Waals surface area contributed by atoms with E-state index in [2.05, 4.69) is 20.4 Å². The Kier molecular flexibility index (Phi) is 5.81. The minimum atomic E-state index is -0.193. The number of anilines is 3. The smallest absolute Gasteiger partial charge is 0.244 e. The summed E-state index contributed by atoms with van der Waals surface area (Å²) >= 11 is 1.34. The van der Waals surface area contributed by atoms with Gasteiger partial charge in [-0.15, -0.1) is 10.2 Å². The summed E-state index contributed by atoms with van der Waals surface area (Å²) in [4.78, 5) is 29.0. The molecule has 1 saturated heterocycles. The first-order valence-corrected chi connectivity index (χ1v) is 11.8. The zero-order valence-electron chi connectivity index (χ0n) is 17.6. The highest BCUT2D eigenvalue weighted by Crippen LogP contribution is 2.31. The third-order valence-corrected chi connectivity index (χ3v) is 6.58. The normalized spacial score (nSPS) is 15.9. The van der Waals surface area contributed by atoms with E-state index in [1.165, 1.54) is 23.1 Å². The van der Waals surface area contributed by atoms with Crippen molar-refractivity contribution in [3.05, 3.63) is 54.6 Å². The minimum absolute atomic E-state index is 0.0147. The van der Waals surface area contributed by atoms with E-state index in [1.54, 1.807) is 6.07 Å². The molecule has 2 aromatic carbocycles. The summed E-state index contributed by atoms with van der Waals surface area (Å²) in [6.45, 7) is 1.92. The van der Waals surface area contributed by atoms with Crippen molar-refractivity contribution in [3.63, 3.8) is 0 Å². The lowest BCUT2D eigenvalue weighted by atomic mass is 10.1.